The van der Waals surface area contributed by atoms with E-state index in [9.17, 15) is 9.59 Å². The summed E-state index contributed by atoms with van der Waals surface area (Å²) < 4.78 is 9.83. The van der Waals surface area contributed by atoms with Crippen LogP contribution in [0.1, 0.15) is 168 Å². The fourth-order valence-electron chi connectivity index (χ4n) is 4.31. The fraction of sp³-hybridized carbons (Fsp3) is 0.933. The van der Waals surface area contributed by atoms with Gasteiger partial charge in [-0.25, -0.2) is 0 Å². The molecule has 6 heteroatoms. The molecule has 0 N–H and O–H groups in total. The number of carbonyl (C=O) groups is 2. The molecule has 214 valence electrons. The van der Waals surface area contributed by atoms with Crippen molar-refractivity contribution in [1.82, 2.24) is 0 Å². The molecule has 0 fully saturated rings. The third-order valence-corrected chi connectivity index (χ3v) is 6.61. The van der Waals surface area contributed by atoms with Gasteiger partial charge in [-0.05, 0) is 12.8 Å². The second kappa shape index (κ2) is 29.8. The van der Waals surface area contributed by atoms with Crippen molar-refractivity contribution < 1.29 is 28.8 Å². The van der Waals surface area contributed by atoms with E-state index in [1.807, 2.05) is 0 Å². The zero-order valence-electron chi connectivity index (χ0n) is 23.8. The maximum atomic E-state index is 11.5. The van der Waals surface area contributed by atoms with Gasteiger partial charge in [-0.15, -0.1) is 0 Å². The Morgan fingerprint density at radius 3 is 0.833 bits per heavy atom. The molecule has 0 aromatic rings. The highest BCUT2D eigenvalue weighted by molar-refractivity contribution is 5.63. The number of carbonyl (C=O) groups excluding carboxylic acids is 2. The van der Waals surface area contributed by atoms with E-state index in [0.29, 0.717) is 0 Å². The number of rotatable bonds is 26. The molecule has 0 rings (SSSR count). The van der Waals surface area contributed by atoms with E-state index >= 15 is 0 Å². The number of hydrogen-bond acceptors (Lipinski definition) is 6. The van der Waals surface area contributed by atoms with Crippen LogP contribution in [-0.2, 0) is 19.2 Å². The molecule has 36 heavy (non-hydrogen) atoms. The van der Waals surface area contributed by atoms with E-state index in [0.717, 1.165) is 38.5 Å². The lowest BCUT2D eigenvalue weighted by Gasteiger charge is -2.06. The molecular weight excluding hydrogens is 456 g/mol. The monoisotopic (exact) mass is 514 g/mol. The lowest BCUT2D eigenvalue weighted by atomic mass is 10.1. The Balaban J connectivity index is 3.28. The normalized spacial score (nSPS) is 10.8. The van der Waals surface area contributed by atoms with Crippen molar-refractivity contribution in [3.63, 3.8) is 0 Å². The molecule has 0 aromatic heterocycles. The van der Waals surface area contributed by atoms with E-state index in [4.69, 9.17) is 9.47 Å². The van der Waals surface area contributed by atoms with Gasteiger partial charge in [0, 0.05) is 0 Å². The zero-order valence-corrected chi connectivity index (χ0v) is 23.8. The Labute approximate surface area is 222 Å². The smallest absolute Gasteiger partial charge is 0.432 e. The van der Waals surface area contributed by atoms with Crippen LogP contribution in [-0.4, -0.2) is 25.5 Å². The molecule has 0 atom stereocenters. The predicted octanol–water partition coefficient (Wildman–Crippen LogP) is 10.6. The van der Waals surface area contributed by atoms with Gasteiger partial charge < -0.3 is 9.47 Å². The van der Waals surface area contributed by atoms with Crippen LogP contribution in [0, 0.1) is 0 Å². The average Bonchev–Trinajstić information content (AvgIpc) is 2.88. The minimum Gasteiger partial charge on any atom is -0.432 e. The molecule has 0 aromatic carbocycles. The summed E-state index contributed by atoms with van der Waals surface area (Å²) in [6, 6.07) is 0. The number of ether oxygens (including phenoxy) is 2. The first kappa shape index (κ1) is 34.5. The molecule has 0 amide bonds. The largest absolute Gasteiger partial charge is 0.549 e. The van der Waals surface area contributed by atoms with Crippen LogP contribution in [0.15, 0.2) is 0 Å². The molecule has 0 saturated heterocycles. The van der Waals surface area contributed by atoms with Crippen LogP contribution in [0.5, 0.6) is 0 Å². The second-order valence-corrected chi connectivity index (χ2v) is 10.1. The van der Waals surface area contributed by atoms with Crippen molar-refractivity contribution in [3.8, 4) is 0 Å². The molecule has 0 aliphatic heterocycles. The van der Waals surface area contributed by atoms with Crippen LogP contribution < -0.4 is 0 Å². The summed E-state index contributed by atoms with van der Waals surface area (Å²) in [6.45, 7) is 5.04. The Morgan fingerprint density at radius 1 is 0.361 bits per heavy atom. The molecule has 0 aliphatic carbocycles. The molecule has 0 heterocycles. The Hall–Kier alpha value is -1.46. The van der Waals surface area contributed by atoms with Gasteiger partial charge in [0.15, 0.2) is 0 Å². The van der Waals surface area contributed by atoms with Gasteiger partial charge >= 0.3 is 12.3 Å². The summed E-state index contributed by atoms with van der Waals surface area (Å²) in [5.41, 5.74) is 0. The molecule has 0 aliphatic rings. The molecule has 0 unspecified atom stereocenters. The summed E-state index contributed by atoms with van der Waals surface area (Å²) >= 11 is 0. The van der Waals surface area contributed by atoms with E-state index in [-0.39, 0.29) is 13.2 Å². The average molecular weight is 515 g/mol. The van der Waals surface area contributed by atoms with Gasteiger partial charge in [0.05, 0.1) is 13.2 Å². The third-order valence-electron chi connectivity index (χ3n) is 6.61. The van der Waals surface area contributed by atoms with Crippen LogP contribution in [0.25, 0.3) is 0 Å². The van der Waals surface area contributed by atoms with E-state index < -0.39 is 12.3 Å². The van der Waals surface area contributed by atoms with Gasteiger partial charge in [0.25, 0.3) is 0 Å². The topological polar surface area (TPSA) is 71.1 Å². The standard InChI is InChI=1S/C30H58O6/c1-3-5-7-9-11-13-15-17-19-21-23-25-27-33-29(31)35-36-30(32)34-28-26-24-22-20-18-16-14-12-10-8-6-4-2/h3-28H2,1-2H3. The maximum absolute atomic E-state index is 11.5. The number of unbranched alkanes of at least 4 members (excludes halogenated alkanes) is 22. The van der Waals surface area contributed by atoms with Gasteiger partial charge in [-0.1, -0.05) is 155 Å². The molecule has 0 bridgehead atoms. The summed E-state index contributed by atoms with van der Waals surface area (Å²) in [5.74, 6) is 0. The van der Waals surface area contributed by atoms with E-state index in [1.165, 1.54) is 116 Å². The Morgan fingerprint density at radius 2 is 0.583 bits per heavy atom. The SMILES string of the molecule is CCCCCCCCCCCCCCOC(=O)OOC(=O)OCCCCCCCCCCCCCC. The lowest BCUT2D eigenvalue weighted by molar-refractivity contribution is -0.217. The van der Waals surface area contributed by atoms with Gasteiger partial charge in [-0.3, -0.25) is 0 Å². The molecule has 0 saturated carbocycles. The third kappa shape index (κ3) is 28.8. The van der Waals surface area contributed by atoms with Crippen molar-refractivity contribution in [2.75, 3.05) is 13.2 Å². The first-order valence-electron chi connectivity index (χ1n) is 15.4. The Kier molecular flexibility index (Phi) is 28.6. The highest BCUT2D eigenvalue weighted by Gasteiger charge is 2.11. The highest BCUT2D eigenvalue weighted by atomic mass is 17.3. The highest BCUT2D eigenvalue weighted by Crippen LogP contribution is 2.13. The van der Waals surface area contributed by atoms with Crippen molar-refractivity contribution in [1.29, 1.82) is 0 Å². The minimum absolute atomic E-state index is 0.271. The summed E-state index contributed by atoms with van der Waals surface area (Å²) in [5, 5.41) is 0. The van der Waals surface area contributed by atoms with Crippen molar-refractivity contribution in [2.45, 2.75) is 168 Å². The summed E-state index contributed by atoms with van der Waals surface area (Å²) in [7, 11) is 0. The van der Waals surface area contributed by atoms with Crippen LogP contribution in [0.3, 0.4) is 0 Å². The zero-order chi connectivity index (χ0) is 26.4. The molecule has 0 spiro atoms. The first-order chi connectivity index (χ1) is 17.7. The minimum atomic E-state index is -1.000. The summed E-state index contributed by atoms with van der Waals surface area (Å²) in [4.78, 5) is 31.6. The fourth-order valence-corrected chi connectivity index (χ4v) is 4.31. The van der Waals surface area contributed by atoms with Crippen molar-refractivity contribution in [2.24, 2.45) is 0 Å². The van der Waals surface area contributed by atoms with Crippen LogP contribution in [0.2, 0.25) is 0 Å². The van der Waals surface area contributed by atoms with E-state index in [2.05, 4.69) is 23.6 Å². The quantitative estimate of drug-likeness (QED) is 0.0494. The number of hydrogen-bond donors (Lipinski definition) is 0. The first-order valence-corrected chi connectivity index (χ1v) is 15.4. The lowest BCUT2D eigenvalue weighted by Crippen LogP contribution is -2.14. The van der Waals surface area contributed by atoms with E-state index in [1.54, 1.807) is 0 Å². The summed E-state index contributed by atoms with van der Waals surface area (Å²) in [6.07, 6.45) is 27.9. The molecule has 0 radical (unpaired) electrons. The predicted molar refractivity (Wildman–Crippen MR) is 147 cm³/mol. The van der Waals surface area contributed by atoms with Crippen molar-refractivity contribution in [3.05, 3.63) is 0 Å². The van der Waals surface area contributed by atoms with Crippen LogP contribution in [0.4, 0.5) is 9.59 Å². The van der Waals surface area contributed by atoms with Gasteiger partial charge in [-0.2, -0.15) is 19.4 Å². The molecular formula is C30H58O6. The maximum Gasteiger partial charge on any atom is 0.549 e. The molecule has 6 nitrogen and oxygen atoms in total. The van der Waals surface area contributed by atoms with Gasteiger partial charge in [0.2, 0.25) is 0 Å². The van der Waals surface area contributed by atoms with Gasteiger partial charge in [0.1, 0.15) is 0 Å². The second-order valence-electron chi connectivity index (χ2n) is 10.1. The van der Waals surface area contributed by atoms with Crippen molar-refractivity contribution >= 4 is 12.3 Å². The Bertz CT molecular complexity index is 426. The van der Waals surface area contributed by atoms with Crippen LogP contribution >= 0.6 is 0 Å².